The zero-order valence-electron chi connectivity index (χ0n) is 10.3. The first-order chi connectivity index (χ1) is 8.94. The van der Waals surface area contributed by atoms with Crippen LogP contribution in [0.3, 0.4) is 0 Å². The maximum atomic E-state index is 12.0. The Hall–Kier alpha value is -1.50. The lowest BCUT2D eigenvalue weighted by atomic mass is 10.4. The SMILES string of the molecule is O=C(NCC(F)(F)F)c1ccc(CN2CCCC2)o1. The summed E-state index contributed by atoms with van der Waals surface area (Å²) in [6, 6.07) is 3.03. The Bertz CT molecular complexity index is 436. The highest BCUT2D eigenvalue weighted by atomic mass is 19.4. The molecule has 2 heterocycles. The fraction of sp³-hybridized carbons (Fsp3) is 0.583. The van der Waals surface area contributed by atoms with Gasteiger partial charge in [0, 0.05) is 0 Å². The maximum Gasteiger partial charge on any atom is 0.405 e. The molecule has 4 nitrogen and oxygen atoms in total. The molecule has 1 aliphatic rings. The third-order valence-corrected chi connectivity index (χ3v) is 2.91. The van der Waals surface area contributed by atoms with Gasteiger partial charge in [0.25, 0.3) is 5.91 Å². The highest BCUT2D eigenvalue weighted by Gasteiger charge is 2.28. The van der Waals surface area contributed by atoms with Gasteiger partial charge in [0.15, 0.2) is 5.76 Å². The van der Waals surface area contributed by atoms with Crippen LogP contribution < -0.4 is 5.32 Å². The van der Waals surface area contributed by atoms with E-state index < -0.39 is 18.6 Å². The molecule has 0 aliphatic carbocycles. The molecule has 2 rings (SSSR count). The number of carbonyl (C=O) groups excluding carboxylic acids is 1. The fourth-order valence-electron chi connectivity index (χ4n) is 2.01. The average molecular weight is 276 g/mol. The first-order valence-electron chi connectivity index (χ1n) is 6.10. The number of furan rings is 1. The summed E-state index contributed by atoms with van der Waals surface area (Å²) in [6.07, 6.45) is -2.14. The number of nitrogens with one attached hydrogen (secondary N) is 1. The van der Waals surface area contributed by atoms with Crippen molar-refractivity contribution in [1.29, 1.82) is 0 Å². The van der Waals surface area contributed by atoms with Gasteiger partial charge >= 0.3 is 6.18 Å². The molecule has 1 saturated heterocycles. The van der Waals surface area contributed by atoms with Crippen LogP contribution in [0.1, 0.15) is 29.2 Å². The summed E-state index contributed by atoms with van der Waals surface area (Å²) in [5.41, 5.74) is 0. The minimum absolute atomic E-state index is 0.0848. The zero-order valence-corrected chi connectivity index (χ0v) is 10.3. The van der Waals surface area contributed by atoms with Crippen molar-refractivity contribution in [2.45, 2.75) is 25.6 Å². The summed E-state index contributed by atoms with van der Waals surface area (Å²) < 4.78 is 41.1. The Labute approximate surface area is 108 Å². The number of hydrogen-bond donors (Lipinski definition) is 1. The molecule has 7 heteroatoms. The molecule has 1 aromatic heterocycles. The predicted molar refractivity (Wildman–Crippen MR) is 61.6 cm³/mol. The lowest BCUT2D eigenvalue weighted by Gasteiger charge is -2.11. The Balaban J connectivity index is 1.87. The summed E-state index contributed by atoms with van der Waals surface area (Å²) in [6.45, 7) is 1.20. The molecule has 19 heavy (non-hydrogen) atoms. The van der Waals surface area contributed by atoms with E-state index in [1.165, 1.54) is 6.07 Å². The highest BCUT2D eigenvalue weighted by molar-refractivity contribution is 5.91. The molecule has 1 aromatic rings. The number of halogens is 3. The van der Waals surface area contributed by atoms with E-state index in [-0.39, 0.29) is 5.76 Å². The predicted octanol–water partition coefficient (Wildman–Crippen LogP) is 2.17. The van der Waals surface area contributed by atoms with Gasteiger partial charge in [-0.2, -0.15) is 13.2 Å². The van der Waals surface area contributed by atoms with Gasteiger partial charge in [-0.1, -0.05) is 0 Å². The molecule has 0 spiro atoms. The third-order valence-electron chi connectivity index (χ3n) is 2.91. The van der Waals surface area contributed by atoms with E-state index >= 15 is 0 Å². The second kappa shape index (κ2) is 5.64. The fourth-order valence-corrected chi connectivity index (χ4v) is 2.01. The molecule has 0 saturated carbocycles. The molecular formula is C12H15F3N2O2. The van der Waals surface area contributed by atoms with Crippen LogP contribution in [0, 0.1) is 0 Å². The lowest BCUT2D eigenvalue weighted by Crippen LogP contribution is -2.33. The molecule has 1 fully saturated rings. The second-order valence-electron chi connectivity index (χ2n) is 4.55. The average Bonchev–Trinajstić information content (AvgIpc) is 2.97. The number of rotatable bonds is 4. The largest absolute Gasteiger partial charge is 0.455 e. The van der Waals surface area contributed by atoms with Gasteiger partial charge in [-0.25, -0.2) is 0 Å². The molecule has 1 aliphatic heterocycles. The normalized spacial score (nSPS) is 16.8. The van der Waals surface area contributed by atoms with Crippen molar-refractivity contribution in [3.8, 4) is 0 Å². The number of alkyl halides is 3. The summed E-state index contributed by atoms with van der Waals surface area (Å²) >= 11 is 0. The highest BCUT2D eigenvalue weighted by Crippen LogP contribution is 2.16. The zero-order chi connectivity index (χ0) is 13.9. The van der Waals surface area contributed by atoms with Crippen molar-refractivity contribution in [2.75, 3.05) is 19.6 Å². The third kappa shape index (κ3) is 4.27. The van der Waals surface area contributed by atoms with Gasteiger partial charge in [0.05, 0.1) is 6.54 Å². The van der Waals surface area contributed by atoms with Gasteiger partial charge in [-0.15, -0.1) is 0 Å². The van der Waals surface area contributed by atoms with Gasteiger partial charge in [-0.05, 0) is 38.1 Å². The quantitative estimate of drug-likeness (QED) is 0.916. The van der Waals surface area contributed by atoms with E-state index in [0.29, 0.717) is 12.3 Å². The molecule has 0 aromatic carbocycles. The Morgan fingerprint density at radius 3 is 2.63 bits per heavy atom. The van der Waals surface area contributed by atoms with Gasteiger partial charge in [0.2, 0.25) is 0 Å². The molecular weight excluding hydrogens is 261 g/mol. The topological polar surface area (TPSA) is 45.5 Å². The minimum Gasteiger partial charge on any atom is -0.455 e. The molecule has 0 unspecified atom stereocenters. The molecule has 1 amide bonds. The second-order valence-corrected chi connectivity index (χ2v) is 4.55. The standard InChI is InChI=1S/C12H15F3N2O2/c13-12(14,15)8-16-11(18)10-4-3-9(19-10)7-17-5-1-2-6-17/h3-4H,1-2,5-8H2,(H,16,18). The number of nitrogens with zero attached hydrogens (tertiary/aromatic N) is 1. The van der Waals surface area contributed by atoms with Crippen molar-refractivity contribution >= 4 is 5.91 Å². The Morgan fingerprint density at radius 1 is 1.32 bits per heavy atom. The van der Waals surface area contributed by atoms with E-state index in [1.807, 2.05) is 0 Å². The summed E-state index contributed by atoms with van der Waals surface area (Å²) in [5, 5.41) is 1.77. The van der Waals surface area contributed by atoms with E-state index in [9.17, 15) is 18.0 Å². The van der Waals surface area contributed by atoms with Crippen LogP contribution in [0.2, 0.25) is 0 Å². The summed E-state index contributed by atoms with van der Waals surface area (Å²) in [7, 11) is 0. The van der Waals surface area contributed by atoms with Crippen LogP contribution in [0.5, 0.6) is 0 Å². The van der Waals surface area contributed by atoms with Crippen molar-refractivity contribution in [3.63, 3.8) is 0 Å². The van der Waals surface area contributed by atoms with Crippen LogP contribution in [0.25, 0.3) is 0 Å². The van der Waals surface area contributed by atoms with Crippen molar-refractivity contribution in [3.05, 3.63) is 23.7 Å². The number of carbonyl (C=O) groups is 1. The minimum atomic E-state index is -4.42. The van der Waals surface area contributed by atoms with E-state index in [1.54, 1.807) is 11.4 Å². The van der Waals surface area contributed by atoms with E-state index in [0.717, 1.165) is 25.9 Å². The molecule has 106 valence electrons. The van der Waals surface area contributed by atoms with Crippen LogP contribution in [-0.4, -0.2) is 36.6 Å². The number of hydrogen-bond acceptors (Lipinski definition) is 3. The monoisotopic (exact) mass is 276 g/mol. The van der Waals surface area contributed by atoms with Gasteiger partial charge in [-0.3, -0.25) is 9.69 Å². The smallest absolute Gasteiger partial charge is 0.405 e. The molecule has 0 radical (unpaired) electrons. The molecule has 0 atom stereocenters. The maximum absolute atomic E-state index is 12.0. The summed E-state index contributed by atoms with van der Waals surface area (Å²) in [5.74, 6) is -0.331. The van der Waals surface area contributed by atoms with E-state index in [4.69, 9.17) is 4.42 Å². The summed E-state index contributed by atoms with van der Waals surface area (Å²) in [4.78, 5) is 13.6. The lowest BCUT2D eigenvalue weighted by molar-refractivity contribution is -0.123. The van der Waals surface area contributed by atoms with Gasteiger partial charge < -0.3 is 9.73 Å². The van der Waals surface area contributed by atoms with Crippen molar-refractivity contribution < 1.29 is 22.4 Å². The van der Waals surface area contributed by atoms with Crippen molar-refractivity contribution in [1.82, 2.24) is 10.2 Å². The van der Waals surface area contributed by atoms with Gasteiger partial charge in [0.1, 0.15) is 12.3 Å². The van der Waals surface area contributed by atoms with Crippen LogP contribution in [0.15, 0.2) is 16.5 Å². The first-order valence-corrected chi connectivity index (χ1v) is 6.10. The van der Waals surface area contributed by atoms with Crippen LogP contribution in [-0.2, 0) is 6.54 Å². The van der Waals surface area contributed by atoms with E-state index in [2.05, 4.69) is 4.90 Å². The Morgan fingerprint density at radius 2 is 2.00 bits per heavy atom. The first kappa shape index (κ1) is 13.9. The number of amides is 1. The van der Waals surface area contributed by atoms with Crippen molar-refractivity contribution in [2.24, 2.45) is 0 Å². The van der Waals surface area contributed by atoms with Crippen LogP contribution >= 0.6 is 0 Å². The molecule has 0 bridgehead atoms. The molecule has 1 N–H and O–H groups in total. The number of likely N-dealkylation sites (tertiary alicyclic amines) is 1. The Kier molecular flexibility index (Phi) is 4.14. The van der Waals surface area contributed by atoms with Crippen LogP contribution in [0.4, 0.5) is 13.2 Å².